The van der Waals surface area contributed by atoms with Gasteiger partial charge in [0.05, 0.1) is 16.3 Å². The lowest BCUT2D eigenvalue weighted by Gasteiger charge is -2.29. The summed E-state index contributed by atoms with van der Waals surface area (Å²) in [6.45, 7) is 1.87. The second kappa shape index (κ2) is 5.57. The molecule has 0 bridgehead atoms. The highest BCUT2D eigenvalue weighted by atomic mass is 35.5. The third kappa shape index (κ3) is 2.59. The van der Waals surface area contributed by atoms with Crippen molar-refractivity contribution in [1.82, 2.24) is 0 Å². The Morgan fingerprint density at radius 2 is 1.65 bits per heavy atom. The van der Waals surface area contributed by atoms with Gasteiger partial charge in [0.1, 0.15) is 6.07 Å². The van der Waals surface area contributed by atoms with E-state index >= 15 is 0 Å². The van der Waals surface area contributed by atoms with Crippen LogP contribution in [0.3, 0.4) is 0 Å². The molecule has 0 radical (unpaired) electrons. The van der Waals surface area contributed by atoms with E-state index in [4.69, 9.17) is 23.2 Å². The van der Waals surface area contributed by atoms with Crippen LogP contribution in [0.25, 0.3) is 0 Å². The summed E-state index contributed by atoms with van der Waals surface area (Å²) >= 11 is 12.1. The van der Waals surface area contributed by atoms with E-state index in [9.17, 15) is 13.7 Å². The largest absolute Gasteiger partial charge is 0.313 e. The first-order chi connectivity index (χ1) is 10.8. The van der Waals surface area contributed by atoms with Crippen LogP contribution in [0, 0.1) is 18.3 Å². The van der Waals surface area contributed by atoms with Crippen LogP contribution in [-0.2, 0) is 9.84 Å². The Bertz CT molecular complexity index is 992. The second-order valence-electron chi connectivity index (χ2n) is 5.02. The molecular weight excluding hydrogens is 355 g/mol. The van der Waals surface area contributed by atoms with Gasteiger partial charge in [0, 0.05) is 16.2 Å². The van der Waals surface area contributed by atoms with Crippen LogP contribution in [0.2, 0.25) is 10.0 Å². The Hall–Kier alpha value is -2.00. The van der Waals surface area contributed by atoms with Crippen LogP contribution >= 0.6 is 23.2 Å². The molecular formula is C16H10Cl2N2O2S. The fraction of sp³-hybridized carbons (Fsp3) is 0.0625. The molecule has 116 valence electrons. The number of rotatable bonds is 1. The molecule has 7 heteroatoms. The molecule has 23 heavy (non-hydrogen) atoms. The van der Waals surface area contributed by atoms with Gasteiger partial charge in [-0.1, -0.05) is 29.3 Å². The topological polar surface area (TPSA) is 61.2 Å². The zero-order valence-electron chi connectivity index (χ0n) is 11.9. The van der Waals surface area contributed by atoms with Gasteiger partial charge in [-0.3, -0.25) is 0 Å². The summed E-state index contributed by atoms with van der Waals surface area (Å²) in [5.74, 6) is 0. The highest BCUT2D eigenvalue weighted by Crippen LogP contribution is 2.42. The number of anilines is 2. The minimum atomic E-state index is -3.85. The monoisotopic (exact) mass is 364 g/mol. The average molecular weight is 365 g/mol. The number of sulfone groups is 1. The maximum absolute atomic E-state index is 12.5. The first kappa shape index (κ1) is 15.9. The van der Waals surface area contributed by atoms with Crippen molar-refractivity contribution in [3.05, 3.63) is 63.1 Å². The van der Waals surface area contributed by atoms with Crippen molar-refractivity contribution >= 4 is 44.4 Å². The molecule has 0 aromatic heterocycles. The molecule has 1 heterocycles. The number of hydrogen-bond acceptors (Lipinski definition) is 4. The summed E-state index contributed by atoms with van der Waals surface area (Å²) in [5.41, 5.74) is 1.96. The van der Waals surface area contributed by atoms with Crippen LogP contribution in [0.5, 0.6) is 0 Å². The van der Waals surface area contributed by atoms with Crippen LogP contribution in [0.15, 0.2) is 52.4 Å². The molecule has 0 saturated carbocycles. The van der Waals surface area contributed by atoms with Gasteiger partial charge in [0.25, 0.3) is 0 Å². The van der Waals surface area contributed by atoms with E-state index in [1.54, 1.807) is 29.2 Å². The molecule has 0 atom stereocenters. The molecule has 2 aromatic carbocycles. The summed E-state index contributed by atoms with van der Waals surface area (Å²) in [6.07, 6.45) is 1.30. The van der Waals surface area contributed by atoms with Gasteiger partial charge in [0.2, 0.25) is 9.84 Å². The summed E-state index contributed by atoms with van der Waals surface area (Å²) in [5, 5.41) is 10.1. The normalized spacial score (nSPS) is 15.6. The minimum absolute atomic E-state index is 0.0420. The highest BCUT2D eigenvalue weighted by Gasteiger charge is 2.32. The molecule has 0 spiro atoms. The van der Waals surface area contributed by atoms with E-state index in [-0.39, 0.29) is 9.80 Å². The fourth-order valence-electron chi connectivity index (χ4n) is 2.41. The quantitative estimate of drug-likeness (QED) is 0.742. The Morgan fingerprint density at radius 1 is 1.04 bits per heavy atom. The standard InChI is InChI=1S/C16H10Cl2N2O2S/c1-10-2-3-11(17)6-14(10)20-9-13(8-19)23(21,22)16-5-4-12(18)7-15(16)20/h2-7,9H,1H3. The lowest BCUT2D eigenvalue weighted by molar-refractivity contribution is 0.602. The van der Waals surface area contributed by atoms with E-state index in [1.165, 1.54) is 18.3 Å². The number of nitriles is 1. The Morgan fingerprint density at radius 3 is 2.30 bits per heavy atom. The van der Waals surface area contributed by atoms with Gasteiger partial charge in [0.15, 0.2) is 4.91 Å². The second-order valence-corrected chi connectivity index (χ2v) is 7.78. The summed E-state index contributed by atoms with van der Waals surface area (Å²) < 4.78 is 25.0. The summed E-state index contributed by atoms with van der Waals surface area (Å²) in [6, 6.07) is 11.5. The van der Waals surface area contributed by atoms with Crippen molar-refractivity contribution in [2.75, 3.05) is 4.90 Å². The molecule has 0 N–H and O–H groups in total. The molecule has 0 unspecified atom stereocenters. The van der Waals surface area contributed by atoms with Crippen LogP contribution < -0.4 is 4.90 Å². The van der Waals surface area contributed by atoms with Gasteiger partial charge < -0.3 is 4.90 Å². The molecule has 4 nitrogen and oxygen atoms in total. The van der Waals surface area contributed by atoms with Crippen LogP contribution in [0.4, 0.5) is 11.4 Å². The van der Waals surface area contributed by atoms with E-state index in [0.717, 1.165) is 5.56 Å². The number of nitrogens with zero attached hydrogens (tertiary/aromatic N) is 2. The van der Waals surface area contributed by atoms with Gasteiger partial charge in [-0.25, -0.2) is 8.42 Å². The van der Waals surface area contributed by atoms with Crippen LogP contribution in [-0.4, -0.2) is 8.42 Å². The molecule has 0 aliphatic carbocycles. The van der Waals surface area contributed by atoms with Gasteiger partial charge >= 0.3 is 0 Å². The lowest BCUT2D eigenvalue weighted by Crippen LogP contribution is -2.21. The average Bonchev–Trinajstić information content (AvgIpc) is 2.50. The molecule has 2 aromatic rings. The Balaban J connectivity index is 2.36. The van der Waals surface area contributed by atoms with E-state index < -0.39 is 9.84 Å². The van der Waals surface area contributed by atoms with Gasteiger partial charge in [-0.15, -0.1) is 0 Å². The zero-order valence-corrected chi connectivity index (χ0v) is 14.2. The number of halogens is 2. The smallest absolute Gasteiger partial charge is 0.220 e. The molecule has 0 saturated heterocycles. The fourth-order valence-corrected chi connectivity index (χ4v) is 4.02. The van der Waals surface area contributed by atoms with Crippen molar-refractivity contribution < 1.29 is 8.42 Å². The maximum Gasteiger partial charge on any atom is 0.220 e. The van der Waals surface area contributed by atoms with E-state index in [2.05, 4.69) is 0 Å². The zero-order chi connectivity index (χ0) is 16.8. The van der Waals surface area contributed by atoms with Crippen molar-refractivity contribution in [2.45, 2.75) is 11.8 Å². The lowest BCUT2D eigenvalue weighted by atomic mass is 10.1. The highest BCUT2D eigenvalue weighted by molar-refractivity contribution is 7.95. The number of hydrogen-bond donors (Lipinski definition) is 0. The van der Waals surface area contributed by atoms with Gasteiger partial charge in [-0.2, -0.15) is 5.26 Å². The number of benzene rings is 2. The molecule has 1 aliphatic heterocycles. The molecule has 3 rings (SSSR count). The summed E-state index contributed by atoms with van der Waals surface area (Å²) in [4.78, 5) is 1.34. The van der Waals surface area contributed by atoms with E-state index in [0.29, 0.717) is 21.4 Å². The van der Waals surface area contributed by atoms with Crippen LogP contribution in [0.1, 0.15) is 5.56 Å². The van der Waals surface area contributed by atoms with Gasteiger partial charge in [-0.05, 0) is 42.8 Å². The third-order valence-electron chi connectivity index (χ3n) is 3.55. The number of allylic oxidation sites excluding steroid dienone is 1. The molecule has 0 amide bonds. The predicted molar refractivity (Wildman–Crippen MR) is 90.7 cm³/mol. The molecule has 1 aliphatic rings. The third-order valence-corrected chi connectivity index (χ3v) is 5.72. The maximum atomic E-state index is 12.5. The summed E-state index contributed by atoms with van der Waals surface area (Å²) in [7, 11) is -3.85. The van der Waals surface area contributed by atoms with Crippen molar-refractivity contribution in [2.24, 2.45) is 0 Å². The SMILES string of the molecule is Cc1ccc(Cl)cc1N1C=C(C#N)S(=O)(=O)c2ccc(Cl)cc21. The molecule has 0 fully saturated rings. The Labute approximate surface area is 144 Å². The number of aryl methyl sites for hydroxylation is 1. The van der Waals surface area contributed by atoms with Crippen molar-refractivity contribution in [1.29, 1.82) is 5.26 Å². The number of fused-ring (bicyclic) bond motifs is 1. The Kier molecular flexibility index (Phi) is 3.85. The predicted octanol–water partition coefficient (Wildman–Crippen LogP) is 4.59. The van der Waals surface area contributed by atoms with Crippen molar-refractivity contribution in [3.63, 3.8) is 0 Å². The van der Waals surface area contributed by atoms with E-state index in [1.807, 2.05) is 13.0 Å². The first-order valence-corrected chi connectivity index (χ1v) is 8.80. The minimum Gasteiger partial charge on any atom is -0.313 e. The van der Waals surface area contributed by atoms with Crippen molar-refractivity contribution in [3.8, 4) is 6.07 Å². The first-order valence-electron chi connectivity index (χ1n) is 6.56.